The van der Waals surface area contributed by atoms with Gasteiger partial charge in [-0.1, -0.05) is 28.1 Å². The Hall–Kier alpha value is -2.40. The summed E-state index contributed by atoms with van der Waals surface area (Å²) in [6, 6.07) is 12.0. The van der Waals surface area contributed by atoms with E-state index in [1.165, 1.54) is 5.56 Å². The van der Waals surface area contributed by atoms with Gasteiger partial charge in [-0.05, 0) is 55.2 Å². The molecule has 0 fully saturated rings. The number of fused-ring (bicyclic) bond motifs is 1. The second kappa shape index (κ2) is 5.55. The fourth-order valence-electron chi connectivity index (χ4n) is 4.29. The number of hydrogen-bond donors (Lipinski definition) is 0. The molecule has 2 aromatic carbocycles. The predicted octanol–water partition coefficient (Wildman–Crippen LogP) is 4.08. The van der Waals surface area contributed by atoms with Crippen molar-refractivity contribution in [2.75, 3.05) is 11.4 Å². The van der Waals surface area contributed by atoms with Crippen molar-refractivity contribution in [2.45, 2.75) is 25.8 Å². The SMILES string of the molecule is CC1Cc2cccc3c(=O)c(C(=O)N4CCc5cc(Br)ccc54)cn1c23. The second-order valence-electron chi connectivity index (χ2n) is 7.13. The Bertz CT molecular complexity index is 1150. The lowest BCUT2D eigenvalue weighted by Gasteiger charge is -2.19. The predicted molar refractivity (Wildman–Crippen MR) is 106 cm³/mol. The van der Waals surface area contributed by atoms with Gasteiger partial charge in [0.15, 0.2) is 0 Å². The molecule has 4 nitrogen and oxygen atoms in total. The number of carbonyl (C=O) groups is 1. The molecular formula is C21H17BrN2O2. The molecule has 0 bridgehead atoms. The normalized spacial score (nSPS) is 17.8. The van der Waals surface area contributed by atoms with Crippen LogP contribution in [0.3, 0.4) is 0 Å². The summed E-state index contributed by atoms with van der Waals surface area (Å²) in [4.78, 5) is 28.1. The summed E-state index contributed by atoms with van der Waals surface area (Å²) in [6.45, 7) is 2.73. The summed E-state index contributed by atoms with van der Waals surface area (Å²) in [7, 11) is 0. The molecule has 26 heavy (non-hydrogen) atoms. The van der Waals surface area contributed by atoms with Gasteiger partial charge in [-0.25, -0.2) is 0 Å². The van der Waals surface area contributed by atoms with Crippen LogP contribution >= 0.6 is 15.9 Å². The third-order valence-electron chi connectivity index (χ3n) is 5.54. The summed E-state index contributed by atoms with van der Waals surface area (Å²) in [5.74, 6) is -0.203. The van der Waals surface area contributed by atoms with Gasteiger partial charge in [0, 0.05) is 34.3 Å². The minimum Gasteiger partial charge on any atom is -0.343 e. The third kappa shape index (κ3) is 2.13. The number of nitrogens with zero attached hydrogens (tertiary/aromatic N) is 2. The van der Waals surface area contributed by atoms with E-state index in [-0.39, 0.29) is 22.9 Å². The fourth-order valence-corrected chi connectivity index (χ4v) is 4.70. The summed E-state index contributed by atoms with van der Waals surface area (Å²) < 4.78 is 3.10. The number of pyridine rings is 1. The molecule has 0 N–H and O–H groups in total. The van der Waals surface area contributed by atoms with Crippen molar-refractivity contribution in [3.8, 4) is 0 Å². The van der Waals surface area contributed by atoms with Gasteiger partial charge in [0.05, 0.1) is 5.52 Å². The van der Waals surface area contributed by atoms with Gasteiger partial charge in [-0.15, -0.1) is 0 Å². The number of carbonyl (C=O) groups excluding carboxylic acids is 1. The number of amides is 1. The van der Waals surface area contributed by atoms with E-state index < -0.39 is 0 Å². The third-order valence-corrected chi connectivity index (χ3v) is 6.03. The van der Waals surface area contributed by atoms with Crippen LogP contribution in [-0.4, -0.2) is 17.0 Å². The Kier molecular flexibility index (Phi) is 3.38. The van der Waals surface area contributed by atoms with Crippen molar-refractivity contribution in [1.29, 1.82) is 0 Å². The Morgan fingerprint density at radius 2 is 2.04 bits per heavy atom. The largest absolute Gasteiger partial charge is 0.343 e. The van der Waals surface area contributed by atoms with Crippen LogP contribution in [0.25, 0.3) is 10.9 Å². The van der Waals surface area contributed by atoms with Crippen molar-refractivity contribution in [3.63, 3.8) is 0 Å². The topological polar surface area (TPSA) is 42.3 Å². The Morgan fingerprint density at radius 1 is 1.19 bits per heavy atom. The first-order chi connectivity index (χ1) is 12.5. The van der Waals surface area contributed by atoms with Crippen LogP contribution in [0, 0.1) is 0 Å². The molecular weight excluding hydrogens is 392 g/mol. The van der Waals surface area contributed by atoms with E-state index in [0.717, 1.165) is 34.1 Å². The van der Waals surface area contributed by atoms with Gasteiger partial charge in [0.1, 0.15) is 5.56 Å². The van der Waals surface area contributed by atoms with Crippen LogP contribution in [0.1, 0.15) is 34.5 Å². The van der Waals surface area contributed by atoms with Gasteiger partial charge < -0.3 is 9.47 Å². The number of benzene rings is 2. The molecule has 1 amide bonds. The van der Waals surface area contributed by atoms with Crippen molar-refractivity contribution in [2.24, 2.45) is 0 Å². The number of aromatic nitrogens is 1. The van der Waals surface area contributed by atoms with Gasteiger partial charge in [-0.2, -0.15) is 0 Å². The molecule has 1 unspecified atom stereocenters. The maximum Gasteiger partial charge on any atom is 0.263 e. The van der Waals surface area contributed by atoms with Crippen LogP contribution in [0.4, 0.5) is 5.69 Å². The molecule has 3 heterocycles. The summed E-state index contributed by atoms with van der Waals surface area (Å²) in [6.07, 6.45) is 3.48. The molecule has 5 heteroatoms. The smallest absolute Gasteiger partial charge is 0.263 e. The number of anilines is 1. The van der Waals surface area contributed by atoms with Crippen LogP contribution < -0.4 is 10.3 Å². The number of para-hydroxylation sites is 1. The minimum atomic E-state index is -0.203. The lowest BCUT2D eigenvalue weighted by Crippen LogP contribution is -2.33. The monoisotopic (exact) mass is 408 g/mol. The Morgan fingerprint density at radius 3 is 2.88 bits per heavy atom. The molecule has 2 aliphatic heterocycles. The van der Waals surface area contributed by atoms with Crippen molar-refractivity contribution >= 4 is 38.4 Å². The number of rotatable bonds is 1. The second-order valence-corrected chi connectivity index (χ2v) is 8.04. The Balaban J connectivity index is 1.67. The first-order valence-corrected chi connectivity index (χ1v) is 9.61. The van der Waals surface area contributed by atoms with Gasteiger partial charge in [0.25, 0.3) is 5.91 Å². The van der Waals surface area contributed by atoms with Gasteiger partial charge >= 0.3 is 0 Å². The van der Waals surface area contributed by atoms with Crippen molar-refractivity contribution in [1.82, 2.24) is 4.57 Å². The molecule has 0 saturated heterocycles. The van der Waals surface area contributed by atoms with Crippen molar-refractivity contribution < 1.29 is 4.79 Å². The lowest BCUT2D eigenvalue weighted by atomic mass is 10.1. The van der Waals surface area contributed by atoms with E-state index in [1.54, 1.807) is 11.1 Å². The van der Waals surface area contributed by atoms with E-state index in [2.05, 4.69) is 33.5 Å². The lowest BCUT2D eigenvalue weighted by molar-refractivity contribution is 0.0988. The molecule has 130 valence electrons. The molecule has 5 rings (SSSR count). The van der Waals surface area contributed by atoms with E-state index in [1.807, 2.05) is 30.3 Å². The summed E-state index contributed by atoms with van der Waals surface area (Å²) in [5.41, 5.74) is 4.30. The number of halogens is 1. The van der Waals surface area contributed by atoms with Crippen LogP contribution in [0.2, 0.25) is 0 Å². The average molecular weight is 409 g/mol. The maximum absolute atomic E-state index is 13.3. The van der Waals surface area contributed by atoms with Gasteiger partial charge in [-0.3, -0.25) is 9.59 Å². The highest BCUT2D eigenvalue weighted by atomic mass is 79.9. The zero-order chi connectivity index (χ0) is 18.0. The number of hydrogen-bond acceptors (Lipinski definition) is 2. The van der Waals surface area contributed by atoms with Crippen LogP contribution in [-0.2, 0) is 12.8 Å². The molecule has 0 aliphatic carbocycles. The molecule has 3 aromatic rings. The molecule has 1 aromatic heterocycles. The highest BCUT2D eigenvalue weighted by Crippen LogP contribution is 2.33. The zero-order valence-electron chi connectivity index (χ0n) is 14.3. The zero-order valence-corrected chi connectivity index (χ0v) is 15.9. The first-order valence-electron chi connectivity index (χ1n) is 8.81. The molecule has 0 radical (unpaired) electrons. The summed E-state index contributed by atoms with van der Waals surface area (Å²) >= 11 is 3.48. The minimum absolute atomic E-state index is 0.164. The maximum atomic E-state index is 13.3. The van der Waals surface area contributed by atoms with E-state index in [4.69, 9.17) is 0 Å². The van der Waals surface area contributed by atoms with Gasteiger partial charge in [0.2, 0.25) is 5.43 Å². The highest BCUT2D eigenvalue weighted by molar-refractivity contribution is 9.10. The molecule has 1 atom stereocenters. The van der Waals surface area contributed by atoms with E-state index >= 15 is 0 Å². The highest BCUT2D eigenvalue weighted by Gasteiger charge is 2.30. The average Bonchev–Trinajstić information content (AvgIpc) is 3.18. The van der Waals surface area contributed by atoms with Crippen LogP contribution in [0.15, 0.2) is 51.9 Å². The van der Waals surface area contributed by atoms with Crippen molar-refractivity contribution in [3.05, 3.63) is 74.0 Å². The van der Waals surface area contributed by atoms with E-state index in [0.29, 0.717) is 11.9 Å². The molecule has 0 spiro atoms. The standard InChI is InChI=1S/C21H17BrN2O2/c1-12-9-14-3-2-4-16-19(14)24(12)11-17(20(16)25)21(26)23-8-7-13-10-15(22)5-6-18(13)23/h2-6,10-12H,7-9H2,1H3. The fraction of sp³-hybridized carbons (Fsp3) is 0.238. The summed E-state index contributed by atoms with van der Waals surface area (Å²) in [5, 5.41) is 0.646. The first kappa shape index (κ1) is 15.8. The molecule has 0 saturated carbocycles. The molecule has 2 aliphatic rings. The Labute approximate surface area is 159 Å². The van der Waals surface area contributed by atoms with E-state index in [9.17, 15) is 9.59 Å². The van der Waals surface area contributed by atoms with Crippen LogP contribution in [0.5, 0.6) is 0 Å². The quantitative estimate of drug-likeness (QED) is 0.608.